The molecule has 1 aliphatic carbocycles. The van der Waals surface area contributed by atoms with Crippen LogP contribution >= 0.6 is 0 Å². The van der Waals surface area contributed by atoms with Crippen LogP contribution in [-0.2, 0) is 9.53 Å². The summed E-state index contributed by atoms with van der Waals surface area (Å²) in [6.07, 6.45) is 10.4. The molecule has 10 nitrogen and oxygen atoms in total. The summed E-state index contributed by atoms with van der Waals surface area (Å²) in [6.45, 7) is 6.88. The second-order valence-electron chi connectivity index (χ2n) is 12.8. The smallest absolute Gasteiger partial charge is 0.258 e. The first kappa shape index (κ1) is 34.4. The first-order valence-electron chi connectivity index (χ1n) is 16.5. The molecule has 1 saturated carbocycles. The molecule has 2 aromatic rings. The second kappa shape index (κ2) is 16.7. The zero-order valence-electron chi connectivity index (χ0n) is 27.2. The largest absolute Gasteiger partial charge is 0.490 e. The Labute approximate surface area is 267 Å². The number of nitrogens with one attached hydrogen (secondary N) is 1. The number of rotatable bonds is 7. The van der Waals surface area contributed by atoms with Crippen molar-refractivity contribution in [3.63, 3.8) is 0 Å². The molecule has 1 aromatic heterocycles. The van der Waals surface area contributed by atoms with Crippen LogP contribution in [0, 0.1) is 11.8 Å². The zero-order chi connectivity index (χ0) is 32.3. The predicted molar refractivity (Wildman–Crippen MR) is 173 cm³/mol. The van der Waals surface area contributed by atoms with Crippen molar-refractivity contribution in [3.8, 4) is 5.75 Å². The van der Waals surface area contributed by atoms with Crippen molar-refractivity contribution in [1.82, 2.24) is 14.8 Å². The van der Waals surface area contributed by atoms with E-state index in [0.29, 0.717) is 42.3 Å². The lowest BCUT2D eigenvalue weighted by Gasteiger charge is -2.36. The van der Waals surface area contributed by atoms with Crippen molar-refractivity contribution in [3.05, 3.63) is 53.9 Å². The maximum atomic E-state index is 14.3. The van der Waals surface area contributed by atoms with Gasteiger partial charge in [0, 0.05) is 62.2 Å². The van der Waals surface area contributed by atoms with E-state index >= 15 is 0 Å². The van der Waals surface area contributed by atoms with Gasteiger partial charge in [-0.1, -0.05) is 26.2 Å². The summed E-state index contributed by atoms with van der Waals surface area (Å²) >= 11 is 0. The summed E-state index contributed by atoms with van der Waals surface area (Å²) in [5.41, 5.74) is 1.21. The van der Waals surface area contributed by atoms with E-state index in [9.17, 15) is 19.5 Å². The van der Waals surface area contributed by atoms with Crippen LogP contribution in [0.5, 0.6) is 5.75 Å². The third-order valence-electron chi connectivity index (χ3n) is 9.04. The fourth-order valence-electron chi connectivity index (χ4n) is 6.19. The molecule has 1 aromatic carbocycles. The number of nitrogens with zero attached hydrogens (tertiary/aromatic N) is 3. The predicted octanol–water partition coefficient (Wildman–Crippen LogP) is 5.17. The van der Waals surface area contributed by atoms with Crippen LogP contribution in [0.1, 0.15) is 92.9 Å². The van der Waals surface area contributed by atoms with Crippen LogP contribution in [0.4, 0.5) is 5.69 Å². The number of ether oxygens (including phenoxy) is 2. The summed E-state index contributed by atoms with van der Waals surface area (Å²) in [5.74, 6) is -0.0987. The molecule has 0 unspecified atom stereocenters. The van der Waals surface area contributed by atoms with Crippen molar-refractivity contribution in [2.45, 2.75) is 90.4 Å². The number of aliphatic hydroxyl groups excluding tert-OH is 1. The Morgan fingerprint density at radius 1 is 1.07 bits per heavy atom. The highest BCUT2D eigenvalue weighted by Gasteiger charge is 2.32. The lowest BCUT2D eigenvalue weighted by molar-refractivity contribution is -0.137. The minimum absolute atomic E-state index is 0.0660. The van der Waals surface area contributed by atoms with Crippen LogP contribution in [-0.4, -0.2) is 89.2 Å². The van der Waals surface area contributed by atoms with Crippen LogP contribution < -0.4 is 10.1 Å². The molecule has 4 rings (SSSR count). The molecule has 1 fully saturated rings. The highest BCUT2D eigenvalue weighted by molar-refractivity contribution is 6.05. The van der Waals surface area contributed by atoms with Gasteiger partial charge in [-0.25, -0.2) is 0 Å². The van der Waals surface area contributed by atoms with E-state index < -0.39 is 6.04 Å². The number of anilines is 1. The van der Waals surface area contributed by atoms with Crippen LogP contribution in [0.25, 0.3) is 0 Å². The molecule has 3 amide bonds. The molecule has 0 spiro atoms. The Bertz CT molecular complexity index is 1270. The van der Waals surface area contributed by atoms with Gasteiger partial charge in [-0.3, -0.25) is 19.4 Å². The maximum Gasteiger partial charge on any atom is 0.258 e. The maximum absolute atomic E-state index is 14.3. The summed E-state index contributed by atoms with van der Waals surface area (Å²) in [5, 5.41) is 13.1. The van der Waals surface area contributed by atoms with E-state index in [0.717, 1.165) is 44.9 Å². The van der Waals surface area contributed by atoms with Gasteiger partial charge in [0.2, 0.25) is 5.91 Å². The average Bonchev–Trinajstić information content (AvgIpc) is 3.06. The molecule has 1 aliphatic heterocycles. The van der Waals surface area contributed by atoms with Gasteiger partial charge in [0.05, 0.1) is 30.4 Å². The Morgan fingerprint density at radius 2 is 1.78 bits per heavy atom. The standard InChI is InChI=1S/C35H50N4O6/c1-24-21-39(25(2)23-40)35(43)30-20-29(37-33(41)27-15-17-36-18-16-27)13-14-31(30)45-26(3)10-8-9-19-44-32(24)22-38(4)34(42)28-11-6-5-7-12-28/h13-18,20,24-26,28,32,40H,5-12,19,21-23H2,1-4H3,(H,37,41)/t24-,25-,26-,32+/m1/s1. The number of aromatic nitrogens is 1. The number of amides is 3. The summed E-state index contributed by atoms with van der Waals surface area (Å²) in [4.78, 5) is 47.9. The minimum atomic E-state index is -0.490. The molecule has 2 aliphatic rings. The molecule has 246 valence electrons. The fourth-order valence-corrected chi connectivity index (χ4v) is 6.19. The van der Waals surface area contributed by atoms with Crippen molar-refractivity contribution in [1.29, 1.82) is 0 Å². The van der Waals surface area contributed by atoms with E-state index in [1.807, 2.05) is 25.8 Å². The number of hydrogen-bond donors (Lipinski definition) is 2. The monoisotopic (exact) mass is 622 g/mol. The molecule has 10 heteroatoms. The van der Waals surface area contributed by atoms with E-state index in [-0.39, 0.29) is 48.4 Å². The molecule has 0 saturated heterocycles. The fraction of sp³-hybridized carbons (Fsp3) is 0.600. The Morgan fingerprint density at radius 3 is 2.49 bits per heavy atom. The van der Waals surface area contributed by atoms with Crippen molar-refractivity contribution in [2.24, 2.45) is 11.8 Å². The molecule has 2 heterocycles. The van der Waals surface area contributed by atoms with Crippen LogP contribution in [0.3, 0.4) is 0 Å². The number of fused-ring (bicyclic) bond motifs is 1. The Balaban J connectivity index is 1.61. The first-order valence-corrected chi connectivity index (χ1v) is 16.5. The molecular formula is C35H50N4O6. The van der Waals surface area contributed by atoms with Crippen molar-refractivity contribution >= 4 is 23.4 Å². The zero-order valence-corrected chi connectivity index (χ0v) is 27.2. The van der Waals surface area contributed by atoms with Gasteiger partial charge in [-0.05, 0) is 76.3 Å². The Hall–Kier alpha value is -3.50. The van der Waals surface area contributed by atoms with Crippen molar-refractivity contribution in [2.75, 3.05) is 38.7 Å². The lowest BCUT2D eigenvalue weighted by Crippen LogP contribution is -2.48. The molecular weight excluding hydrogens is 572 g/mol. The highest BCUT2D eigenvalue weighted by Crippen LogP contribution is 2.29. The van der Waals surface area contributed by atoms with Crippen molar-refractivity contribution < 1.29 is 29.0 Å². The summed E-state index contributed by atoms with van der Waals surface area (Å²) < 4.78 is 12.7. The number of likely N-dealkylation sites (N-methyl/N-ethyl adjacent to an activating group) is 1. The first-order chi connectivity index (χ1) is 21.7. The van der Waals surface area contributed by atoms with Gasteiger partial charge in [-0.2, -0.15) is 0 Å². The number of carbonyl (C=O) groups excluding carboxylic acids is 3. The van der Waals surface area contributed by atoms with E-state index in [4.69, 9.17) is 9.47 Å². The SMILES string of the molecule is C[C@@H]1CCCCO[C@@H](CN(C)C(=O)C2CCCCC2)[C@H](C)CN([C@H](C)CO)C(=O)c2cc(NC(=O)c3ccncc3)ccc2O1. The number of aliphatic hydroxyl groups is 1. The molecule has 2 N–H and O–H groups in total. The summed E-state index contributed by atoms with van der Waals surface area (Å²) in [7, 11) is 1.86. The minimum Gasteiger partial charge on any atom is -0.490 e. The Kier molecular flexibility index (Phi) is 12.8. The third-order valence-corrected chi connectivity index (χ3v) is 9.04. The number of benzene rings is 1. The van der Waals surface area contributed by atoms with Gasteiger partial charge < -0.3 is 29.7 Å². The third kappa shape index (κ3) is 9.50. The number of hydrogen-bond acceptors (Lipinski definition) is 7. The van der Waals surface area contributed by atoms with Gasteiger partial charge >= 0.3 is 0 Å². The van der Waals surface area contributed by atoms with E-state index in [1.165, 1.54) is 6.42 Å². The van der Waals surface area contributed by atoms with E-state index in [1.54, 1.807) is 54.5 Å². The van der Waals surface area contributed by atoms with Gasteiger partial charge in [0.1, 0.15) is 5.75 Å². The molecule has 45 heavy (non-hydrogen) atoms. The topological polar surface area (TPSA) is 121 Å². The highest BCUT2D eigenvalue weighted by atomic mass is 16.5. The van der Waals surface area contributed by atoms with E-state index in [2.05, 4.69) is 10.3 Å². The summed E-state index contributed by atoms with van der Waals surface area (Å²) in [6, 6.07) is 7.84. The normalized spacial score (nSPS) is 22.8. The van der Waals surface area contributed by atoms with Crippen LogP contribution in [0.2, 0.25) is 0 Å². The van der Waals surface area contributed by atoms with Crippen LogP contribution in [0.15, 0.2) is 42.7 Å². The quantitative estimate of drug-likeness (QED) is 0.437. The lowest BCUT2D eigenvalue weighted by atomic mass is 9.88. The number of carbonyl (C=O) groups is 3. The molecule has 4 atom stereocenters. The van der Waals surface area contributed by atoms with Gasteiger partial charge in [-0.15, -0.1) is 0 Å². The average molecular weight is 623 g/mol. The molecule has 0 bridgehead atoms. The molecule has 0 radical (unpaired) electrons. The van der Waals surface area contributed by atoms with Gasteiger partial charge in [0.15, 0.2) is 0 Å². The van der Waals surface area contributed by atoms with Gasteiger partial charge in [0.25, 0.3) is 11.8 Å². The second-order valence-corrected chi connectivity index (χ2v) is 12.8. The number of pyridine rings is 1.